The number of rotatable bonds is 4. The average molecular weight is 262 g/mol. The Morgan fingerprint density at radius 1 is 1.53 bits per heavy atom. The molecule has 19 heavy (non-hydrogen) atoms. The first kappa shape index (κ1) is 12.7. The first-order valence-electron chi connectivity index (χ1n) is 5.26. The Morgan fingerprint density at radius 3 is 2.79 bits per heavy atom. The number of aliphatic hydroxyl groups is 1. The number of hydrogen-bond acceptors (Lipinski definition) is 5. The number of carbonyl (C=O) groups is 1. The van der Waals surface area contributed by atoms with Crippen LogP contribution in [0.4, 0.5) is 5.69 Å². The van der Waals surface area contributed by atoms with E-state index in [9.17, 15) is 14.9 Å². The lowest BCUT2D eigenvalue weighted by Gasteiger charge is -2.04. The molecule has 8 heteroatoms. The zero-order valence-electron chi connectivity index (χ0n) is 9.68. The number of primary amides is 1. The average Bonchev–Trinajstić information content (AvgIpc) is 2.87. The summed E-state index contributed by atoms with van der Waals surface area (Å²) in [6.07, 6.45) is 2.70. The van der Waals surface area contributed by atoms with Gasteiger partial charge in [0.1, 0.15) is 0 Å². The van der Waals surface area contributed by atoms with E-state index in [0.717, 1.165) is 0 Å². The number of nitrogens with zero attached hydrogens (tertiary/aromatic N) is 3. The van der Waals surface area contributed by atoms with Gasteiger partial charge in [0.2, 0.25) is 0 Å². The summed E-state index contributed by atoms with van der Waals surface area (Å²) in [5.41, 5.74) is 5.81. The summed E-state index contributed by atoms with van der Waals surface area (Å²) in [5.74, 6) is -0.615. The van der Waals surface area contributed by atoms with Crippen LogP contribution in [-0.4, -0.2) is 25.7 Å². The monoisotopic (exact) mass is 262 g/mol. The van der Waals surface area contributed by atoms with Gasteiger partial charge in [-0.05, 0) is 12.1 Å². The fraction of sp³-hybridized carbons (Fsp3) is 0.0909. The second-order valence-corrected chi connectivity index (χ2v) is 3.77. The summed E-state index contributed by atoms with van der Waals surface area (Å²) >= 11 is 0. The molecule has 3 N–H and O–H groups in total. The van der Waals surface area contributed by atoms with Gasteiger partial charge in [-0.2, -0.15) is 5.10 Å². The van der Waals surface area contributed by atoms with E-state index in [2.05, 4.69) is 5.10 Å². The van der Waals surface area contributed by atoms with Gasteiger partial charge in [0.05, 0.1) is 34.5 Å². The van der Waals surface area contributed by atoms with Crippen LogP contribution in [0.3, 0.4) is 0 Å². The van der Waals surface area contributed by atoms with E-state index < -0.39 is 17.4 Å². The number of aliphatic hydroxyl groups excluding tert-OH is 1. The highest BCUT2D eigenvalue weighted by molar-refractivity contribution is 5.92. The van der Waals surface area contributed by atoms with Crippen molar-refractivity contribution in [2.24, 2.45) is 5.73 Å². The highest BCUT2D eigenvalue weighted by Crippen LogP contribution is 2.21. The van der Waals surface area contributed by atoms with E-state index in [0.29, 0.717) is 5.69 Å². The highest BCUT2D eigenvalue weighted by Gasteiger charge is 2.14. The van der Waals surface area contributed by atoms with Gasteiger partial charge < -0.3 is 10.8 Å². The number of nitro benzene ring substituents is 1. The molecule has 98 valence electrons. The number of amides is 1. The van der Waals surface area contributed by atoms with Crippen LogP contribution in [0.5, 0.6) is 0 Å². The highest BCUT2D eigenvalue weighted by atomic mass is 16.6. The molecule has 0 spiro atoms. The van der Waals surface area contributed by atoms with Crippen LogP contribution in [0, 0.1) is 10.1 Å². The van der Waals surface area contributed by atoms with Crippen LogP contribution < -0.4 is 5.73 Å². The molecule has 1 amide bonds. The van der Waals surface area contributed by atoms with Crippen LogP contribution in [0.15, 0.2) is 30.6 Å². The molecule has 1 aromatic heterocycles. The molecule has 0 aliphatic heterocycles. The van der Waals surface area contributed by atoms with Crippen molar-refractivity contribution < 1.29 is 14.8 Å². The maximum absolute atomic E-state index is 11.0. The minimum atomic E-state index is -0.615. The minimum absolute atomic E-state index is 0.165. The topological polar surface area (TPSA) is 124 Å². The van der Waals surface area contributed by atoms with E-state index in [4.69, 9.17) is 10.8 Å². The summed E-state index contributed by atoms with van der Waals surface area (Å²) in [7, 11) is 0. The number of nitro groups is 1. The standard InChI is InChI=1S/C11H10N4O4/c12-11(17)8-4-13-14(5-8)9-1-2-10(15(18)19)7(3-9)6-16/h1-5,16H,6H2,(H2,12,17). The van der Waals surface area contributed by atoms with Crippen LogP contribution >= 0.6 is 0 Å². The molecule has 0 radical (unpaired) electrons. The number of nitrogens with two attached hydrogens (primary N) is 1. The normalized spacial score (nSPS) is 10.4. The molecule has 0 atom stereocenters. The summed E-state index contributed by atoms with van der Waals surface area (Å²) in [6.45, 7) is -0.464. The van der Waals surface area contributed by atoms with Gasteiger partial charge in [0.25, 0.3) is 11.6 Å². The lowest BCUT2D eigenvalue weighted by molar-refractivity contribution is -0.385. The molecule has 2 rings (SSSR count). The SMILES string of the molecule is NC(=O)c1cnn(-c2ccc([N+](=O)[O-])c(CO)c2)c1. The molecule has 0 aliphatic rings. The van der Waals surface area contributed by atoms with E-state index >= 15 is 0 Å². The summed E-state index contributed by atoms with van der Waals surface area (Å²) in [4.78, 5) is 21.1. The Labute approximate surface area is 107 Å². The summed E-state index contributed by atoms with van der Waals surface area (Å²) < 4.78 is 1.35. The minimum Gasteiger partial charge on any atom is -0.391 e. The second-order valence-electron chi connectivity index (χ2n) is 3.77. The first-order valence-corrected chi connectivity index (χ1v) is 5.26. The van der Waals surface area contributed by atoms with E-state index in [1.54, 1.807) is 0 Å². The van der Waals surface area contributed by atoms with Gasteiger partial charge >= 0.3 is 0 Å². The lowest BCUT2D eigenvalue weighted by Crippen LogP contribution is -2.09. The predicted molar refractivity (Wildman–Crippen MR) is 64.7 cm³/mol. The van der Waals surface area contributed by atoms with Gasteiger partial charge in [0, 0.05) is 12.3 Å². The maximum Gasteiger partial charge on any atom is 0.275 e. The summed E-state index contributed by atoms with van der Waals surface area (Å²) in [5, 5.41) is 23.8. The number of benzene rings is 1. The maximum atomic E-state index is 11.0. The van der Waals surface area contributed by atoms with Crippen LogP contribution in [0.2, 0.25) is 0 Å². The lowest BCUT2D eigenvalue weighted by atomic mass is 10.1. The van der Waals surface area contributed by atoms with Gasteiger partial charge in [-0.25, -0.2) is 4.68 Å². The van der Waals surface area contributed by atoms with Gasteiger partial charge in [-0.1, -0.05) is 0 Å². The van der Waals surface area contributed by atoms with Gasteiger partial charge in [-0.15, -0.1) is 0 Å². The zero-order valence-corrected chi connectivity index (χ0v) is 9.68. The van der Waals surface area contributed by atoms with Gasteiger partial charge in [0.15, 0.2) is 0 Å². The largest absolute Gasteiger partial charge is 0.391 e. The Hall–Kier alpha value is -2.74. The van der Waals surface area contributed by atoms with Crippen molar-refractivity contribution in [1.29, 1.82) is 0 Å². The molecule has 1 aromatic carbocycles. The Kier molecular flexibility index (Phi) is 3.25. The number of hydrogen-bond donors (Lipinski definition) is 2. The predicted octanol–water partition coefficient (Wildman–Crippen LogP) is 0.372. The molecule has 0 bridgehead atoms. The van der Waals surface area contributed by atoms with Crippen LogP contribution in [0.1, 0.15) is 15.9 Å². The molecule has 0 aliphatic carbocycles. The van der Waals surface area contributed by atoms with Gasteiger partial charge in [-0.3, -0.25) is 14.9 Å². The third kappa shape index (κ3) is 2.43. The molecule has 0 saturated carbocycles. The van der Waals surface area contributed by atoms with Crippen molar-refractivity contribution in [2.45, 2.75) is 6.61 Å². The van der Waals surface area contributed by atoms with Crippen molar-refractivity contribution in [2.75, 3.05) is 0 Å². The third-order valence-corrected chi connectivity index (χ3v) is 2.56. The van der Waals surface area contributed by atoms with Crippen molar-refractivity contribution in [1.82, 2.24) is 9.78 Å². The smallest absolute Gasteiger partial charge is 0.275 e. The van der Waals surface area contributed by atoms with Crippen LogP contribution in [0.25, 0.3) is 5.69 Å². The molecule has 0 fully saturated rings. The molecule has 8 nitrogen and oxygen atoms in total. The van der Waals surface area contributed by atoms with E-state index in [-0.39, 0.29) is 16.8 Å². The Bertz CT molecular complexity index is 650. The van der Waals surface area contributed by atoms with Crippen molar-refractivity contribution in [3.63, 3.8) is 0 Å². The van der Waals surface area contributed by atoms with Crippen LogP contribution in [-0.2, 0) is 6.61 Å². The molecule has 1 heterocycles. The van der Waals surface area contributed by atoms with Crippen molar-refractivity contribution in [3.8, 4) is 5.69 Å². The number of aromatic nitrogens is 2. The Morgan fingerprint density at radius 2 is 2.26 bits per heavy atom. The zero-order chi connectivity index (χ0) is 14.0. The van der Waals surface area contributed by atoms with Crippen molar-refractivity contribution >= 4 is 11.6 Å². The fourth-order valence-corrected chi connectivity index (χ4v) is 1.61. The fourth-order valence-electron chi connectivity index (χ4n) is 1.61. The Balaban J connectivity index is 2.45. The molecule has 2 aromatic rings. The first-order chi connectivity index (χ1) is 9.02. The molecule has 0 saturated heterocycles. The summed E-state index contributed by atoms with van der Waals surface area (Å²) in [6, 6.07) is 4.16. The van der Waals surface area contributed by atoms with Crippen molar-refractivity contribution in [3.05, 3.63) is 51.8 Å². The number of carbonyl (C=O) groups excluding carboxylic acids is 1. The second kappa shape index (κ2) is 4.86. The van der Waals surface area contributed by atoms with E-state index in [1.807, 2.05) is 0 Å². The third-order valence-electron chi connectivity index (χ3n) is 2.56. The quantitative estimate of drug-likeness (QED) is 0.608. The molecular weight excluding hydrogens is 252 g/mol. The van der Waals surface area contributed by atoms with E-state index in [1.165, 1.54) is 35.3 Å². The molecule has 0 unspecified atom stereocenters. The molecular formula is C11H10N4O4.